The zero-order chi connectivity index (χ0) is 9.97. The summed E-state index contributed by atoms with van der Waals surface area (Å²) in [4.78, 5) is 14.1. The molecular weight excluding hydrogens is 186 g/mol. The molecule has 0 spiro atoms. The molecule has 0 bridgehead atoms. The van der Waals surface area contributed by atoms with Crippen LogP contribution in [0.2, 0.25) is 0 Å². The molecule has 1 aromatic heterocycles. The van der Waals surface area contributed by atoms with Gasteiger partial charge in [-0.2, -0.15) is 0 Å². The van der Waals surface area contributed by atoms with Crippen LogP contribution in [-0.4, -0.2) is 22.7 Å². The standard InChI is InChI=1S/C9H7NO4/c11-9(12)4-13-6-1-2-8-7(3-6)10-5-14-8/h1-3,5H,4H2,(H,11,12). The highest BCUT2D eigenvalue weighted by Crippen LogP contribution is 2.19. The Morgan fingerprint density at radius 2 is 2.43 bits per heavy atom. The van der Waals surface area contributed by atoms with E-state index in [1.807, 2.05) is 0 Å². The van der Waals surface area contributed by atoms with Crippen molar-refractivity contribution in [1.29, 1.82) is 0 Å². The number of carbonyl (C=O) groups is 1. The molecule has 0 saturated carbocycles. The van der Waals surface area contributed by atoms with Crippen LogP contribution in [0.15, 0.2) is 29.0 Å². The molecule has 0 aliphatic heterocycles. The van der Waals surface area contributed by atoms with E-state index < -0.39 is 5.97 Å². The second-order valence-electron chi connectivity index (χ2n) is 2.66. The largest absolute Gasteiger partial charge is 0.482 e. The number of hydrogen-bond acceptors (Lipinski definition) is 4. The van der Waals surface area contributed by atoms with Gasteiger partial charge in [-0.15, -0.1) is 0 Å². The molecule has 0 radical (unpaired) electrons. The lowest BCUT2D eigenvalue weighted by molar-refractivity contribution is -0.139. The third kappa shape index (κ3) is 1.66. The van der Waals surface area contributed by atoms with E-state index in [0.717, 1.165) is 0 Å². The Hall–Kier alpha value is -2.04. The van der Waals surface area contributed by atoms with Gasteiger partial charge in [-0.25, -0.2) is 9.78 Å². The molecule has 14 heavy (non-hydrogen) atoms. The van der Waals surface area contributed by atoms with Crippen molar-refractivity contribution in [3.63, 3.8) is 0 Å². The first-order valence-electron chi connectivity index (χ1n) is 3.93. The van der Waals surface area contributed by atoms with Crippen molar-refractivity contribution < 1.29 is 19.1 Å². The quantitative estimate of drug-likeness (QED) is 0.795. The second kappa shape index (κ2) is 3.37. The number of oxazole rings is 1. The van der Waals surface area contributed by atoms with Gasteiger partial charge in [-0.1, -0.05) is 0 Å². The predicted molar refractivity (Wildman–Crippen MR) is 47.1 cm³/mol. The first-order chi connectivity index (χ1) is 6.75. The monoisotopic (exact) mass is 193 g/mol. The average Bonchev–Trinajstić information content (AvgIpc) is 2.61. The SMILES string of the molecule is O=C(O)COc1ccc2ocnc2c1. The average molecular weight is 193 g/mol. The minimum Gasteiger partial charge on any atom is -0.482 e. The number of hydrogen-bond donors (Lipinski definition) is 1. The fraction of sp³-hybridized carbons (Fsp3) is 0.111. The lowest BCUT2D eigenvalue weighted by atomic mass is 10.3. The lowest BCUT2D eigenvalue weighted by Crippen LogP contribution is -2.09. The van der Waals surface area contributed by atoms with Crippen LogP contribution in [0.5, 0.6) is 5.75 Å². The number of carboxylic acids is 1. The summed E-state index contributed by atoms with van der Waals surface area (Å²) < 4.78 is 9.98. The molecule has 1 N–H and O–H groups in total. The molecule has 0 aliphatic carbocycles. The third-order valence-corrected chi connectivity index (χ3v) is 1.66. The maximum absolute atomic E-state index is 10.2. The van der Waals surface area contributed by atoms with Crippen LogP contribution < -0.4 is 4.74 Å². The van der Waals surface area contributed by atoms with E-state index in [9.17, 15) is 4.79 Å². The first kappa shape index (κ1) is 8.55. The van der Waals surface area contributed by atoms with Crippen LogP contribution in [0, 0.1) is 0 Å². The van der Waals surface area contributed by atoms with Crippen molar-refractivity contribution in [1.82, 2.24) is 4.98 Å². The number of rotatable bonds is 3. The molecule has 5 nitrogen and oxygen atoms in total. The Morgan fingerprint density at radius 3 is 3.21 bits per heavy atom. The maximum Gasteiger partial charge on any atom is 0.341 e. The Kier molecular flexibility index (Phi) is 2.06. The topological polar surface area (TPSA) is 72.6 Å². The zero-order valence-electron chi connectivity index (χ0n) is 7.14. The molecule has 0 aliphatic rings. The Labute approximate surface area is 78.9 Å². The van der Waals surface area contributed by atoms with Gasteiger partial charge in [0.05, 0.1) is 0 Å². The van der Waals surface area contributed by atoms with Crippen LogP contribution in [0.25, 0.3) is 11.1 Å². The van der Waals surface area contributed by atoms with E-state index in [0.29, 0.717) is 16.8 Å². The van der Waals surface area contributed by atoms with Gasteiger partial charge in [0.2, 0.25) is 0 Å². The molecule has 2 rings (SSSR count). The summed E-state index contributed by atoms with van der Waals surface area (Å²) in [5, 5.41) is 8.39. The van der Waals surface area contributed by atoms with E-state index in [4.69, 9.17) is 14.3 Å². The zero-order valence-corrected chi connectivity index (χ0v) is 7.14. The minimum absolute atomic E-state index is 0.358. The minimum atomic E-state index is -1.01. The number of aromatic nitrogens is 1. The summed E-state index contributed by atoms with van der Waals surface area (Å²) in [6, 6.07) is 4.94. The van der Waals surface area contributed by atoms with Crippen LogP contribution in [-0.2, 0) is 4.79 Å². The van der Waals surface area contributed by atoms with E-state index in [1.54, 1.807) is 18.2 Å². The number of carboxylic acid groups (broad SMARTS) is 1. The number of nitrogens with zero attached hydrogens (tertiary/aromatic N) is 1. The van der Waals surface area contributed by atoms with E-state index in [1.165, 1.54) is 6.39 Å². The highest BCUT2D eigenvalue weighted by molar-refractivity contribution is 5.74. The van der Waals surface area contributed by atoms with Crippen molar-refractivity contribution >= 4 is 17.1 Å². The highest BCUT2D eigenvalue weighted by atomic mass is 16.5. The lowest BCUT2D eigenvalue weighted by Gasteiger charge is -2.01. The molecule has 1 heterocycles. The van der Waals surface area contributed by atoms with E-state index >= 15 is 0 Å². The van der Waals surface area contributed by atoms with Crippen LogP contribution in [0.1, 0.15) is 0 Å². The van der Waals surface area contributed by atoms with Gasteiger partial charge in [0.15, 0.2) is 18.6 Å². The van der Waals surface area contributed by atoms with Gasteiger partial charge < -0.3 is 14.3 Å². The summed E-state index contributed by atoms with van der Waals surface area (Å²) >= 11 is 0. The van der Waals surface area contributed by atoms with Gasteiger partial charge in [0, 0.05) is 6.07 Å². The van der Waals surface area contributed by atoms with Crippen molar-refractivity contribution in [2.24, 2.45) is 0 Å². The molecule has 2 aromatic rings. The molecule has 0 unspecified atom stereocenters. The van der Waals surface area contributed by atoms with E-state index in [-0.39, 0.29) is 6.61 Å². The Bertz CT molecular complexity index is 463. The van der Waals surface area contributed by atoms with Crippen LogP contribution >= 0.6 is 0 Å². The first-order valence-corrected chi connectivity index (χ1v) is 3.93. The second-order valence-corrected chi connectivity index (χ2v) is 2.66. The number of aliphatic carboxylic acids is 1. The van der Waals surface area contributed by atoms with Crippen LogP contribution in [0.4, 0.5) is 0 Å². The number of ether oxygens (including phenoxy) is 1. The van der Waals surface area contributed by atoms with Crippen molar-refractivity contribution in [3.8, 4) is 5.75 Å². The molecule has 1 aromatic carbocycles. The van der Waals surface area contributed by atoms with Crippen molar-refractivity contribution in [2.75, 3.05) is 6.61 Å². The van der Waals surface area contributed by atoms with Gasteiger partial charge in [0.1, 0.15) is 11.3 Å². The normalized spacial score (nSPS) is 10.3. The number of fused-ring (bicyclic) bond motifs is 1. The maximum atomic E-state index is 10.2. The molecule has 5 heteroatoms. The molecule has 0 saturated heterocycles. The molecule has 72 valence electrons. The van der Waals surface area contributed by atoms with Gasteiger partial charge in [-0.05, 0) is 12.1 Å². The van der Waals surface area contributed by atoms with Gasteiger partial charge in [0.25, 0.3) is 0 Å². The molecule has 0 fully saturated rings. The highest BCUT2D eigenvalue weighted by Gasteiger charge is 2.02. The van der Waals surface area contributed by atoms with Gasteiger partial charge in [-0.3, -0.25) is 0 Å². The molecule has 0 amide bonds. The summed E-state index contributed by atoms with van der Waals surface area (Å²) in [6.45, 7) is -0.358. The number of benzene rings is 1. The fourth-order valence-corrected chi connectivity index (χ4v) is 1.07. The van der Waals surface area contributed by atoms with Gasteiger partial charge >= 0.3 is 5.97 Å². The summed E-state index contributed by atoms with van der Waals surface area (Å²) in [6.07, 6.45) is 1.33. The predicted octanol–water partition coefficient (Wildman–Crippen LogP) is 1.29. The Balaban J connectivity index is 2.21. The van der Waals surface area contributed by atoms with Crippen molar-refractivity contribution in [2.45, 2.75) is 0 Å². The fourth-order valence-electron chi connectivity index (χ4n) is 1.07. The summed E-state index contributed by atoms with van der Waals surface area (Å²) in [5.74, 6) is -0.543. The third-order valence-electron chi connectivity index (χ3n) is 1.66. The summed E-state index contributed by atoms with van der Waals surface area (Å²) in [5.41, 5.74) is 1.29. The molecular formula is C9H7NO4. The van der Waals surface area contributed by atoms with E-state index in [2.05, 4.69) is 4.98 Å². The molecule has 0 atom stereocenters. The van der Waals surface area contributed by atoms with Crippen molar-refractivity contribution in [3.05, 3.63) is 24.6 Å². The Morgan fingerprint density at radius 1 is 1.57 bits per heavy atom. The summed E-state index contributed by atoms with van der Waals surface area (Å²) in [7, 11) is 0. The van der Waals surface area contributed by atoms with Crippen LogP contribution in [0.3, 0.4) is 0 Å². The smallest absolute Gasteiger partial charge is 0.341 e.